The minimum atomic E-state index is 0. The van der Waals surface area contributed by atoms with Crippen molar-refractivity contribution in [2.75, 3.05) is 49.1 Å². The van der Waals surface area contributed by atoms with Crippen LogP contribution in [0.25, 0.3) is 0 Å². The molecule has 0 aliphatic carbocycles. The van der Waals surface area contributed by atoms with Gasteiger partial charge in [-0.3, -0.25) is 4.90 Å². The van der Waals surface area contributed by atoms with Crippen molar-refractivity contribution in [2.24, 2.45) is 0 Å². The van der Waals surface area contributed by atoms with Crippen LogP contribution in [0.3, 0.4) is 0 Å². The largest absolute Gasteiger partial charge is 0.493 e. The monoisotopic (exact) mass is 423 g/mol. The van der Waals surface area contributed by atoms with Crippen LogP contribution in [0.2, 0.25) is 0 Å². The van der Waals surface area contributed by atoms with Gasteiger partial charge in [-0.05, 0) is 49.2 Å². The summed E-state index contributed by atoms with van der Waals surface area (Å²) in [6.45, 7) is 0.962. The quantitative estimate of drug-likeness (QED) is 0.672. The van der Waals surface area contributed by atoms with Crippen LogP contribution in [-0.2, 0) is 12.8 Å². The number of ether oxygens (including phenoxy) is 5. The first-order valence-electron chi connectivity index (χ1n) is 9.30. The Balaban J connectivity index is 0.00000300. The van der Waals surface area contributed by atoms with E-state index in [0.717, 1.165) is 42.2 Å². The molecule has 160 valence electrons. The molecule has 0 bridgehead atoms. The zero-order chi connectivity index (χ0) is 20.3. The third-order valence-electron chi connectivity index (χ3n) is 5.43. The zero-order valence-electron chi connectivity index (χ0n) is 17.9. The average molecular weight is 424 g/mol. The van der Waals surface area contributed by atoms with Crippen molar-refractivity contribution in [1.82, 2.24) is 4.90 Å². The third kappa shape index (κ3) is 4.33. The van der Waals surface area contributed by atoms with Crippen molar-refractivity contribution >= 4 is 12.4 Å². The van der Waals surface area contributed by atoms with Gasteiger partial charge in [0, 0.05) is 18.2 Å². The molecule has 6 nitrogen and oxygen atoms in total. The fourth-order valence-electron chi connectivity index (χ4n) is 3.96. The van der Waals surface area contributed by atoms with Crippen LogP contribution in [0.1, 0.15) is 22.7 Å². The number of hydrogen-bond acceptors (Lipinski definition) is 6. The van der Waals surface area contributed by atoms with Gasteiger partial charge in [0.1, 0.15) is 0 Å². The Morgan fingerprint density at radius 1 is 0.828 bits per heavy atom. The second-order valence-electron chi connectivity index (χ2n) is 6.86. The highest BCUT2D eigenvalue weighted by Crippen LogP contribution is 2.48. The number of rotatable bonds is 7. The summed E-state index contributed by atoms with van der Waals surface area (Å²) in [5.41, 5.74) is 3.56. The number of methoxy groups -OCH3 is 5. The summed E-state index contributed by atoms with van der Waals surface area (Å²) >= 11 is 0. The summed E-state index contributed by atoms with van der Waals surface area (Å²) < 4.78 is 27.8. The van der Waals surface area contributed by atoms with Crippen LogP contribution in [0.4, 0.5) is 0 Å². The number of benzene rings is 2. The van der Waals surface area contributed by atoms with Gasteiger partial charge in [-0.1, -0.05) is 6.07 Å². The topological polar surface area (TPSA) is 49.4 Å². The Morgan fingerprint density at radius 3 is 2.07 bits per heavy atom. The predicted molar refractivity (Wildman–Crippen MR) is 116 cm³/mol. The molecule has 3 rings (SSSR count). The summed E-state index contributed by atoms with van der Waals surface area (Å²) in [7, 11) is 10.4. The molecule has 0 saturated carbocycles. The van der Waals surface area contributed by atoms with E-state index < -0.39 is 0 Å². The van der Waals surface area contributed by atoms with Gasteiger partial charge in [0.2, 0.25) is 5.75 Å². The van der Waals surface area contributed by atoms with Crippen molar-refractivity contribution in [3.8, 4) is 28.7 Å². The molecule has 1 atom stereocenters. The molecular weight excluding hydrogens is 394 g/mol. The van der Waals surface area contributed by atoms with E-state index in [-0.39, 0.29) is 18.4 Å². The number of nitrogens with zero attached hydrogens (tertiary/aromatic N) is 1. The number of likely N-dealkylation sites (N-methyl/N-ethyl adjacent to an activating group) is 1. The maximum atomic E-state index is 5.80. The third-order valence-corrected chi connectivity index (χ3v) is 5.43. The Kier molecular flexibility index (Phi) is 7.88. The molecule has 2 aromatic carbocycles. The molecule has 7 heteroatoms. The highest BCUT2D eigenvalue weighted by Gasteiger charge is 2.32. The summed E-state index contributed by atoms with van der Waals surface area (Å²) in [6, 6.07) is 8.29. The van der Waals surface area contributed by atoms with Gasteiger partial charge in [-0.25, -0.2) is 0 Å². The molecule has 0 amide bonds. The maximum absolute atomic E-state index is 5.80. The van der Waals surface area contributed by atoms with Crippen LogP contribution < -0.4 is 23.7 Å². The maximum Gasteiger partial charge on any atom is 0.203 e. The summed E-state index contributed by atoms with van der Waals surface area (Å²) in [4.78, 5) is 2.35. The molecule has 29 heavy (non-hydrogen) atoms. The van der Waals surface area contributed by atoms with E-state index in [0.29, 0.717) is 11.5 Å². The Labute approximate surface area is 179 Å². The Bertz CT molecular complexity index is 842. The van der Waals surface area contributed by atoms with Crippen LogP contribution >= 0.6 is 12.4 Å². The second-order valence-corrected chi connectivity index (χ2v) is 6.86. The lowest BCUT2D eigenvalue weighted by molar-refractivity contribution is 0.219. The van der Waals surface area contributed by atoms with E-state index in [1.807, 2.05) is 12.1 Å². The van der Waals surface area contributed by atoms with Gasteiger partial charge in [0.25, 0.3) is 0 Å². The number of halogens is 1. The van der Waals surface area contributed by atoms with Gasteiger partial charge in [-0.2, -0.15) is 0 Å². The zero-order valence-corrected chi connectivity index (χ0v) is 18.7. The van der Waals surface area contributed by atoms with Crippen LogP contribution in [-0.4, -0.2) is 54.0 Å². The fourth-order valence-corrected chi connectivity index (χ4v) is 3.96. The van der Waals surface area contributed by atoms with Gasteiger partial charge in [-0.15, -0.1) is 12.4 Å². The minimum Gasteiger partial charge on any atom is -0.493 e. The molecule has 1 aliphatic rings. The highest BCUT2D eigenvalue weighted by atomic mass is 35.5. The molecule has 0 spiro atoms. The van der Waals surface area contributed by atoms with Gasteiger partial charge >= 0.3 is 0 Å². The van der Waals surface area contributed by atoms with E-state index in [1.165, 1.54) is 11.1 Å². The van der Waals surface area contributed by atoms with Crippen molar-refractivity contribution in [3.63, 3.8) is 0 Å². The van der Waals surface area contributed by atoms with E-state index in [2.05, 4.69) is 24.1 Å². The van der Waals surface area contributed by atoms with Crippen LogP contribution in [0, 0.1) is 0 Å². The van der Waals surface area contributed by atoms with Crippen molar-refractivity contribution in [2.45, 2.75) is 18.9 Å². The molecule has 0 saturated heterocycles. The minimum absolute atomic E-state index is 0. The second kappa shape index (κ2) is 9.94. The number of hydrogen-bond donors (Lipinski definition) is 0. The molecule has 0 aromatic heterocycles. The first kappa shape index (κ1) is 23.0. The smallest absolute Gasteiger partial charge is 0.203 e. The lowest BCUT2D eigenvalue weighted by Gasteiger charge is -2.36. The fraction of sp³-hybridized carbons (Fsp3) is 0.455. The SMILES string of the molecule is COc1ccc(CC2c3c(cc(OC)c(OC)c3OC)CCN2C)cc1OC.Cl. The van der Waals surface area contributed by atoms with Crippen molar-refractivity contribution < 1.29 is 23.7 Å². The van der Waals surface area contributed by atoms with E-state index in [1.54, 1.807) is 35.5 Å². The Morgan fingerprint density at radius 2 is 1.48 bits per heavy atom. The first-order chi connectivity index (χ1) is 13.6. The average Bonchev–Trinajstić information content (AvgIpc) is 2.73. The van der Waals surface area contributed by atoms with Crippen molar-refractivity contribution in [3.05, 3.63) is 41.0 Å². The molecule has 0 N–H and O–H groups in total. The molecule has 1 unspecified atom stereocenters. The van der Waals surface area contributed by atoms with E-state index in [4.69, 9.17) is 23.7 Å². The van der Waals surface area contributed by atoms with Gasteiger partial charge in [0.15, 0.2) is 23.0 Å². The summed E-state index contributed by atoms with van der Waals surface area (Å²) in [5, 5.41) is 0. The number of fused-ring (bicyclic) bond motifs is 1. The Hall–Kier alpha value is -2.31. The summed E-state index contributed by atoms with van der Waals surface area (Å²) in [6.07, 6.45) is 1.75. The summed E-state index contributed by atoms with van der Waals surface area (Å²) in [5.74, 6) is 3.54. The molecule has 1 heterocycles. The normalized spacial score (nSPS) is 15.7. The van der Waals surface area contributed by atoms with Gasteiger partial charge in [0.05, 0.1) is 35.5 Å². The predicted octanol–water partition coefficient (Wildman–Crippen LogP) is 3.92. The highest BCUT2D eigenvalue weighted by molar-refractivity contribution is 5.85. The van der Waals surface area contributed by atoms with Gasteiger partial charge < -0.3 is 23.7 Å². The van der Waals surface area contributed by atoms with E-state index >= 15 is 0 Å². The lowest BCUT2D eigenvalue weighted by atomic mass is 9.87. The van der Waals surface area contributed by atoms with Crippen LogP contribution in [0.5, 0.6) is 28.7 Å². The lowest BCUT2D eigenvalue weighted by Crippen LogP contribution is -2.34. The molecular formula is C22H30ClNO5. The molecule has 0 radical (unpaired) electrons. The van der Waals surface area contributed by atoms with E-state index in [9.17, 15) is 0 Å². The van der Waals surface area contributed by atoms with Crippen molar-refractivity contribution in [1.29, 1.82) is 0 Å². The molecule has 0 fully saturated rings. The molecule has 1 aliphatic heterocycles. The van der Waals surface area contributed by atoms with Crippen LogP contribution in [0.15, 0.2) is 24.3 Å². The molecule has 2 aromatic rings. The standard InChI is InChI=1S/C22H29NO5.ClH/c1-23-10-9-15-13-19(26-4)21(27-5)22(28-6)20(15)16(23)11-14-7-8-17(24-2)18(12-14)25-3;/h7-8,12-13,16H,9-11H2,1-6H3;1H. The first-order valence-corrected chi connectivity index (χ1v) is 9.30.